The van der Waals surface area contributed by atoms with Gasteiger partial charge in [-0.15, -0.1) is 0 Å². The summed E-state index contributed by atoms with van der Waals surface area (Å²) < 4.78 is 13.8. The molecule has 0 aromatic rings. The Hall–Kier alpha value is -1.59. The maximum absolute atomic E-state index is 11.4. The van der Waals surface area contributed by atoms with Crippen LogP contribution in [0.15, 0.2) is 0 Å². The number of methoxy groups -OCH3 is 3. The van der Waals surface area contributed by atoms with Crippen molar-refractivity contribution in [3.8, 4) is 0 Å². The van der Waals surface area contributed by atoms with E-state index in [2.05, 4.69) is 14.2 Å². The minimum absolute atomic E-state index is 0.0236. The summed E-state index contributed by atoms with van der Waals surface area (Å²) in [5, 5.41) is 0. The molecule has 0 aromatic carbocycles. The van der Waals surface area contributed by atoms with Gasteiger partial charge in [-0.3, -0.25) is 14.4 Å². The highest BCUT2D eigenvalue weighted by molar-refractivity contribution is 5.77. The highest BCUT2D eigenvalue weighted by atomic mass is 16.5. The van der Waals surface area contributed by atoms with Gasteiger partial charge in [-0.25, -0.2) is 0 Å². The Morgan fingerprint density at radius 2 is 1.06 bits per heavy atom. The average molecular weight is 260 g/mol. The van der Waals surface area contributed by atoms with E-state index in [0.717, 1.165) is 0 Å². The third-order valence-corrected chi connectivity index (χ3v) is 2.99. The van der Waals surface area contributed by atoms with Gasteiger partial charge in [0, 0.05) is 5.41 Å². The SMILES string of the molecule is CCC(CC(=O)OC)(CC(=O)OC)CC(=O)OC. The van der Waals surface area contributed by atoms with Crippen LogP contribution in [-0.4, -0.2) is 39.2 Å². The zero-order valence-corrected chi connectivity index (χ0v) is 11.3. The van der Waals surface area contributed by atoms with Crippen molar-refractivity contribution in [2.45, 2.75) is 32.6 Å². The van der Waals surface area contributed by atoms with E-state index < -0.39 is 23.3 Å². The lowest BCUT2D eigenvalue weighted by molar-refractivity contribution is -0.151. The molecule has 0 radical (unpaired) electrons. The fourth-order valence-electron chi connectivity index (χ4n) is 1.70. The fraction of sp³-hybridized carbons (Fsp3) is 0.750. The summed E-state index contributed by atoms with van der Waals surface area (Å²) in [5.74, 6) is -1.40. The van der Waals surface area contributed by atoms with Gasteiger partial charge < -0.3 is 14.2 Å². The maximum Gasteiger partial charge on any atom is 0.306 e. The van der Waals surface area contributed by atoms with E-state index in [-0.39, 0.29) is 19.3 Å². The summed E-state index contributed by atoms with van der Waals surface area (Å²) in [7, 11) is 3.79. The second-order valence-corrected chi connectivity index (χ2v) is 4.11. The maximum atomic E-state index is 11.4. The lowest BCUT2D eigenvalue weighted by atomic mass is 9.76. The van der Waals surface area contributed by atoms with Gasteiger partial charge in [-0.2, -0.15) is 0 Å². The molecule has 0 aromatic heterocycles. The third-order valence-electron chi connectivity index (χ3n) is 2.99. The smallest absolute Gasteiger partial charge is 0.306 e. The summed E-state index contributed by atoms with van der Waals surface area (Å²) in [5.41, 5.74) is -0.812. The van der Waals surface area contributed by atoms with Crippen LogP contribution >= 0.6 is 0 Å². The summed E-state index contributed by atoms with van der Waals surface area (Å²) in [4.78, 5) is 34.2. The van der Waals surface area contributed by atoms with Gasteiger partial charge in [0.1, 0.15) is 0 Å². The monoisotopic (exact) mass is 260 g/mol. The van der Waals surface area contributed by atoms with Crippen molar-refractivity contribution in [3.63, 3.8) is 0 Å². The number of carbonyl (C=O) groups excluding carboxylic acids is 3. The van der Waals surface area contributed by atoms with E-state index in [1.807, 2.05) is 0 Å². The first-order valence-electron chi connectivity index (χ1n) is 5.63. The van der Waals surface area contributed by atoms with Crippen molar-refractivity contribution in [1.82, 2.24) is 0 Å². The van der Waals surface area contributed by atoms with Crippen LogP contribution in [0.5, 0.6) is 0 Å². The van der Waals surface area contributed by atoms with Crippen LogP contribution in [0.2, 0.25) is 0 Å². The Morgan fingerprint density at radius 3 is 1.22 bits per heavy atom. The van der Waals surface area contributed by atoms with Gasteiger partial charge in [0.05, 0.1) is 40.6 Å². The first kappa shape index (κ1) is 16.4. The molecule has 0 fully saturated rings. The van der Waals surface area contributed by atoms with Crippen LogP contribution in [-0.2, 0) is 28.6 Å². The average Bonchev–Trinajstić information content (AvgIpc) is 2.37. The zero-order valence-electron chi connectivity index (χ0n) is 11.3. The van der Waals surface area contributed by atoms with Crippen LogP contribution in [0.3, 0.4) is 0 Å². The zero-order chi connectivity index (χ0) is 14.2. The molecule has 0 unspecified atom stereocenters. The van der Waals surface area contributed by atoms with Crippen LogP contribution in [0.25, 0.3) is 0 Å². The fourth-order valence-corrected chi connectivity index (χ4v) is 1.70. The quantitative estimate of drug-likeness (QED) is 0.503. The first-order valence-corrected chi connectivity index (χ1v) is 5.63. The Bertz CT molecular complexity index is 264. The number of ether oxygens (including phenoxy) is 3. The molecule has 0 atom stereocenters. The highest BCUT2D eigenvalue weighted by Crippen LogP contribution is 2.36. The van der Waals surface area contributed by atoms with Gasteiger partial charge in [0.2, 0.25) is 0 Å². The Labute approximate surface area is 107 Å². The minimum atomic E-state index is -0.812. The van der Waals surface area contributed by atoms with Gasteiger partial charge in [0.25, 0.3) is 0 Å². The molecule has 0 N–H and O–H groups in total. The number of carbonyl (C=O) groups is 3. The van der Waals surface area contributed by atoms with Crippen LogP contribution in [0, 0.1) is 5.41 Å². The molecule has 0 aliphatic heterocycles. The Balaban J connectivity index is 4.98. The molecule has 18 heavy (non-hydrogen) atoms. The van der Waals surface area contributed by atoms with E-state index in [1.54, 1.807) is 6.92 Å². The van der Waals surface area contributed by atoms with Crippen molar-refractivity contribution in [2.24, 2.45) is 5.41 Å². The van der Waals surface area contributed by atoms with Crippen molar-refractivity contribution < 1.29 is 28.6 Å². The van der Waals surface area contributed by atoms with Crippen LogP contribution in [0.4, 0.5) is 0 Å². The Morgan fingerprint density at radius 1 is 0.778 bits per heavy atom. The molecular weight excluding hydrogens is 240 g/mol. The molecule has 0 spiro atoms. The van der Waals surface area contributed by atoms with Gasteiger partial charge in [0.15, 0.2) is 0 Å². The van der Waals surface area contributed by atoms with E-state index in [9.17, 15) is 14.4 Å². The normalized spacial score (nSPS) is 10.7. The molecule has 104 valence electrons. The van der Waals surface area contributed by atoms with Crippen molar-refractivity contribution in [3.05, 3.63) is 0 Å². The predicted octanol–water partition coefficient (Wildman–Crippen LogP) is 1.07. The molecular formula is C12H20O6. The van der Waals surface area contributed by atoms with Crippen molar-refractivity contribution >= 4 is 17.9 Å². The van der Waals surface area contributed by atoms with Crippen LogP contribution < -0.4 is 0 Å². The van der Waals surface area contributed by atoms with Gasteiger partial charge >= 0.3 is 17.9 Å². The molecule has 0 rings (SSSR count). The molecule has 0 saturated carbocycles. The lowest BCUT2D eigenvalue weighted by Crippen LogP contribution is -2.31. The number of hydrogen-bond acceptors (Lipinski definition) is 6. The topological polar surface area (TPSA) is 78.9 Å². The van der Waals surface area contributed by atoms with E-state index in [0.29, 0.717) is 6.42 Å². The minimum Gasteiger partial charge on any atom is -0.469 e. The molecule has 0 amide bonds. The summed E-state index contributed by atoms with van der Waals surface area (Å²) in [6, 6.07) is 0. The van der Waals surface area contributed by atoms with E-state index >= 15 is 0 Å². The van der Waals surface area contributed by atoms with Gasteiger partial charge in [-0.05, 0) is 6.42 Å². The molecule has 6 heteroatoms. The first-order chi connectivity index (χ1) is 8.42. The Kier molecular flexibility index (Phi) is 7.00. The summed E-state index contributed by atoms with van der Waals surface area (Å²) in [6.45, 7) is 1.80. The molecule has 6 nitrogen and oxygen atoms in total. The third kappa shape index (κ3) is 5.16. The summed E-state index contributed by atoms with van der Waals surface area (Å²) >= 11 is 0. The second kappa shape index (κ2) is 7.68. The van der Waals surface area contributed by atoms with E-state index in [1.165, 1.54) is 21.3 Å². The molecule has 0 aliphatic carbocycles. The number of hydrogen-bond donors (Lipinski definition) is 0. The number of rotatable bonds is 7. The van der Waals surface area contributed by atoms with Crippen molar-refractivity contribution in [1.29, 1.82) is 0 Å². The summed E-state index contributed by atoms with van der Waals surface area (Å²) in [6.07, 6.45) is 0.394. The standard InChI is InChI=1S/C12H20O6/c1-5-12(6-9(13)16-2,7-10(14)17-3)8-11(15)18-4/h5-8H2,1-4H3. The molecule has 0 aliphatic rings. The van der Waals surface area contributed by atoms with Crippen molar-refractivity contribution in [2.75, 3.05) is 21.3 Å². The molecule has 0 bridgehead atoms. The lowest BCUT2D eigenvalue weighted by Gasteiger charge is -2.29. The number of esters is 3. The van der Waals surface area contributed by atoms with Gasteiger partial charge in [-0.1, -0.05) is 6.92 Å². The molecule has 0 heterocycles. The largest absolute Gasteiger partial charge is 0.469 e. The van der Waals surface area contributed by atoms with Crippen LogP contribution in [0.1, 0.15) is 32.6 Å². The molecule has 0 saturated heterocycles. The highest BCUT2D eigenvalue weighted by Gasteiger charge is 2.37. The second-order valence-electron chi connectivity index (χ2n) is 4.11. The predicted molar refractivity (Wildman–Crippen MR) is 62.6 cm³/mol. The van der Waals surface area contributed by atoms with E-state index in [4.69, 9.17) is 0 Å².